The fourth-order valence-electron chi connectivity index (χ4n) is 2.36. The highest BCUT2D eigenvalue weighted by atomic mass is 16.1. The van der Waals surface area contributed by atoms with Crippen LogP contribution >= 0.6 is 0 Å². The lowest BCUT2D eigenvalue weighted by Crippen LogP contribution is -2.27. The van der Waals surface area contributed by atoms with E-state index in [4.69, 9.17) is 0 Å². The van der Waals surface area contributed by atoms with Gasteiger partial charge in [0, 0.05) is 17.6 Å². The number of aromatic amines is 1. The molecule has 1 amide bonds. The molecule has 5 heteroatoms. The predicted molar refractivity (Wildman–Crippen MR) is 93.0 cm³/mol. The highest BCUT2D eigenvalue weighted by Crippen LogP contribution is 2.23. The molecular weight excluding hydrogens is 288 g/mol. The number of rotatable bonds is 5. The van der Waals surface area contributed by atoms with Gasteiger partial charge in [-0.05, 0) is 36.2 Å². The second-order valence-corrected chi connectivity index (χ2v) is 5.95. The van der Waals surface area contributed by atoms with Gasteiger partial charge >= 0.3 is 0 Å². The molecule has 0 aliphatic rings. The molecule has 0 aliphatic carbocycles. The molecule has 118 valence electrons. The van der Waals surface area contributed by atoms with Gasteiger partial charge in [0.15, 0.2) is 0 Å². The highest BCUT2D eigenvalue weighted by Gasteiger charge is 2.11. The molecule has 0 unspecified atom stereocenters. The van der Waals surface area contributed by atoms with E-state index in [1.54, 1.807) is 6.20 Å². The molecule has 3 rings (SSSR count). The Morgan fingerprint density at radius 2 is 2.04 bits per heavy atom. The molecule has 1 heterocycles. The number of nitrogens with zero attached hydrogens (tertiary/aromatic N) is 1. The molecule has 3 N–H and O–H groups in total. The quantitative estimate of drug-likeness (QED) is 0.673. The number of carbonyl (C=O) groups excluding carboxylic acids is 1. The van der Waals surface area contributed by atoms with E-state index in [9.17, 15) is 4.79 Å². The zero-order chi connectivity index (χ0) is 16.2. The second kappa shape index (κ2) is 6.52. The minimum Gasteiger partial charge on any atom is -0.355 e. The van der Waals surface area contributed by atoms with Gasteiger partial charge in [-0.15, -0.1) is 0 Å². The molecule has 0 atom stereocenters. The Balaban J connectivity index is 1.83. The lowest BCUT2D eigenvalue weighted by atomic mass is 10.1. The molecule has 0 bridgehead atoms. The van der Waals surface area contributed by atoms with Gasteiger partial charge in [-0.3, -0.25) is 9.89 Å². The van der Waals surface area contributed by atoms with Crippen LogP contribution in [0.2, 0.25) is 0 Å². The zero-order valence-electron chi connectivity index (χ0n) is 13.3. The van der Waals surface area contributed by atoms with Crippen LogP contribution < -0.4 is 10.6 Å². The van der Waals surface area contributed by atoms with Gasteiger partial charge in [0.1, 0.15) is 0 Å². The summed E-state index contributed by atoms with van der Waals surface area (Å²) in [5.74, 6) is 0.355. The highest BCUT2D eigenvalue weighted by molar-refractivity contribution is 6.00. The van der Waals surface area contributed by atoms with Crippen LogP contribution in [-0.2, 0) is 0 Å². The first-order chi connectivity index (χ1) is 11.1. The average molecular weight is 308 g/mol. The lowest BCUT2D eigenvalue weighted by molar-refractivity contribution is 0.0950. The first kappa shape index (κ1) is 15.1. The van der Waals surface area contributed by atoms with Crippen LogP contribution in [0.25, 0.3) is 10.9 Å². The van der Waals surface area contributed by atoms with E-state index < -0.39 is 0 Å². The minimum absolute atomic E-state index is 0.0637. The number of nitrogens with one attached hydrogen (secondary N) is 3. The Bertz CT molecular complexity index is 823. The average Bonchev–Trinajstić information content (AvgIpc) is 3.01. The van der Waals surface area contributed by atoms with Crippen molar-refractivity contribution in [2.45, 2.75) is 13.8 Å². The monoisotopic (exact) mass is 308 g/mol. The fourth-order valence-corrected chi connectivity index (χ4v) is 2.36. The number of anilines is 2. The lowest BCUT2D eigenvalue weighted by Gasteiger charge is -2.13. The number of H-pyrrole nitrogens is 1. The van der Waals surface area contributed by atoms with E-state index in [2.05, 4.69) is 34.7 Å². The van der Waals surface area contributed by atoms with Gasteiger partial charge in [0.25, 0.3) is 5.91 Å². The van der Waals surface area contributed by atoms with Gasteiger partial charge < -0.3 is 10.6 Å². The van der Waals surface area contributed by atoms with Crippen molar-refractivity contribution in [3.63, 3.8) is 0 Å². The van der Waals surface area contributed by atoms with Crippen LogP contribution in [0.5, 0.6) is 0 Å². The van der Waals surface area contributed by atoms with Gasteiger partial charge in [-0.2, -0.15) is 5.10 Å². The van der Waals surface area contributed by atoms with Crippen molar-refractivity contribution in [3.8, 4) is 0 Å². The van der Waals surface area contributed by atoms with Crippen LogP contribution in [0.1, 0.15) is 24.2 Å². The molecule has 0 spiro atoms. The summed E-state index contributed by atoms with van der Waals surface area (Å²) in [7, 11) is 0. The second-order valence-electron chi connectivity index (χ2n) is 5.95. The van der Waals surface area contributed by atoms with E-state index >= 15 is 0 Å². The van der Waals surface area contributed by atoms with Crippen molar-refractivity contribution < 1.29 is 4.79 Å². The molecular formula is C18H20N4O. The number of fused-ring (bicyclic) bond motifs is 1. The van der Waals surface area contributed by atoms with Crippen LogP contribution in [0.3, 0.4) is 0 Å². The predicted octanol–water partition coefficient (Wildman–Crippen LogP) is 3.69. The summed E-state index contributed by atoms with van der Waals surface area (Å²) in [6.45, 7) is 4.81. The Kier molecular flexibility index (Phi) is 4.28. The van der Waals surface area contributed by atoms with Crippen molar-refractivity contribution in [1.29, 1.82) is 0 Å². The number of aromatic nitrogens is 2. The number of hydrogen-bond acceptors (Lipinski definition) is 3. The molecule has 1 aromatic heterocycles. The molecule has 2 aromatic carbocycles. The largest absolute Gasteiger partial charge is 0.355 e. The maximum atomic E-state index is 12.4. The molecule has 0 fully saturated rings. The van der Waals surface area contributed by atoms with Crippen LogP contribution in [0.4, 0.5) is 11.4 Å². The fraction of sp³-hybridized carbons (Fsp3) is 0.222. The van der Waals surface area contributed by atoms with Gasteiger partial charge in [-0.1, -0.05) is 26.0 Å². The Labute approximate surface area is 135 Å². The molecule has 0 saturated carbocycles. The minimum atomic E-state index is -0.0637. The van der Waals surface area contributed by atoms with Crippen LogP contribution in [0.15, 0.2) is 48.7 Å². The van der Waals surface area contributed by atoms with Crippen LogP contribution in [0, 0.1) is 5.92 Å². The molecule has 5 nitrogen and oxygen atoms in total. The van der Waals surface area contributed by atoms with Crippen molar-refractivity contribution in [1.82, 2.24) is 15.5 Å². The number of amides is 1. The first-order valence-corrected chi connectivity index (χ1v) is 7.71. The summed E-state index contributed by atoms with van der Waals surface area (Å²) in [5.41, 5.74) is 3.33. The topological polar surface area (TPSA) is 69.8 Å². The standard InChI is InChI=1S/C18H20N4O/c1-12(2)10-19-18(23)15-5-3-4-6-17(15)21-14-7-8-16-13(9-14)11-20-22-16/h3-9,11-12,21H,10H2,1-2H3,(H,19,23)(H,20,22). The number of hydrogen-bond donors (Lipinski definition) is 3. The SMILES string of the molecule is CC(C)CNC(=O)c1ccccc1Nc1ccc2[nH]ncc2c1. The Morgan fingerprint density at radius 3 is 2.87 bits per heavy atom. The van der Waals surface area contributed by atoms with E-state index in [0.29, 0.717) is 18.0 Å². The zero-order valence-corrected chi connectivity index (χ0v) is 13.3. The third-order valence-corrected chi connectivity index (χ3v) is 3.56. The Hall–Kier alpha value is -2.82. The van der Waals surface area contributed by atoms with E-state index in [0.717, 1.165) is 22.3 Å². The summed E-state index contributed by atoms with van der Waals surface area (Å²) in [4.78, 5) is 12.4. The van der Waals surface area contributed by atoms with Gasteiger partial charge in [0.2, 0.25) is 0 Å². The maximum Gasteiger partial charge on any atom is 0.253 e. The Morgan fingerprint density at radius 1 is 1.22 bits per heavy atom. The van der Waals surface area contributed by atoms with Crippen molar-refractivity contribution in [2.24, 2.45) is 5.92 Å². The van der Waals surface area contributed by atoms with Crippen molar-refractivity contribution in [3.05, 3.63) is 54.2 Å². The van der Waals surface area contributed by atoms with Crippen molar-refractivity contribution in [2.75, 3.05) is 11.9 Å². The third-order valence-electron chi connectivity index (χ3n) is 3.56. The summed E-state index contributed by atoms with van der Waals surface area (Å²) >= 11 is 0. The molecule has 23 heavy (non-hydrogen) atoms. The van der Waals surface area contributed by atoms with E-state index in [1.165, 1.54) is 0 Å². The summed E-state index contributed by atoms with van der Waals surface area (Å²) in [5, 5.41) is 14.2. The number of carbonyl (C=O) groups is 1. The van der Waals surface area contributed by atoms with Crippen molar-refractivity contribution >= 4 is 28.2 Å². The summed E-state index contributed by atoms with van der Waals surface area (Å²) in [6, 6.07) is 13.4. The summed E-state index contributed by atoms with van der Waals surface area (Å²) < 4.78 is 0. The third kappa shape index (κ3) is 3.51. The van der Waals surface area contributed by atoms with E-state index in [1.807, 2.05) is 42.5 Å². The van der Waals surface area contributed by atoms with Gasteiger partial charge in [-0.25, -0.2) is 0 Å². The van der Waals surface area contributed by atoms with E-state index in [-0.39, 0.29) is 5.91 Å². The normalized spacial score (nSPS) is 10.9. The molecule has 0 saturated heterocycles. The number of para-hydroxylation sites is 1. The molecule has 0 radical (unpaired) electrons. The summed E-state index contributed by atoms with van der Waals surface area (Å²) in [6.07, 6.45) is 1.78. The van der Waals surface area contributed by atoms with Gasteiger partial charge in [0.05, 0.1) is 23.0 Å². The maximum absolute atomic E-state index is 12.4. The smallest absolute Gasteiger partial charge is 0.253 e. The van der Waals surface area contributed by atoms with Crippen LogP contribution in [-0.4, -0.2) is 22.6 Å². The molecule has 0 aliphatic heterocycles. The molecule has 3 aromatic rings. The first-order valence-electron chi connectivity index (χ1n) is 7.71. The number of benzene rings is 2.